The molecule has 5 nitrogen and oxygen atoms in total. The molecule has 2 unspecified atom stereocenters. The van der Waals surface area contributed by atoms with Gasteiger partial charge in [0.15, 0.2) is 9.84 Å². The quantitative estimate of drug-likeness (QED) is 0.891. The summed E-state index contributed by atoms with van der Waals surface area (Å²) in [6.07, 6.45) is 2.44. The van der Waals surface area contributed by atoms with E-state index in [1.165, 1.54) is 6.07 Å². The van der Waals surface area contributed by atoms with Crippen molar-refractivity contribution in [1.82, 2.24) is 4.90 Å². The summed E-state index contributed by atoms with van der Waals surface area (Å²) >= 11 is 0. The number of amides is 1. The van der Waals surface area contributed by atoms with E-state index >= 15 is 0 Å². The lowest BCUT2D eigenvalue weighted by Gasteiger charge is -2.35. The number of carbonyl (C=O) groups is 1. The van der Waals surface area contributed by atoms with Gasteiger partial charge in [-0.15, -0.1) is 0 Å². The van der Waals surface area contributed by atoms with Gasteiger partial charge in [-0.25, -0.2) is 8.42 Å². The summed E-state index contributed by atoms with van der Waals surface area (Å²) in [6.45, 7) is 5.03. The average molecular weight is 338 g/mol. The monoisotopic (exact) mass is 338 g/mol. The van der Waals surface area contributed by atoms with Gasteiger partial charge >= 0.3 is 0 Å². The van der Waals surface area contributed by atoms with Crippen LogP contribution in [0.4, 0.5) is 0 Å². The summed E-state index contributed by atoms with van der Waals surface area (Å²) in [5.41, 5.74) is 6.26. The molecule has 1 heterocycles. The van der Waals surface area contributed by atoms with Crippen LogP contribution in [-0.4, -0.2) is 44.1 Å². The van der Waals surface area contributed by atoms with Crippen LogP contribution in [0.1, 0.15) is 43.5 Å². The van der Waals surface area contributed by atoms with Crippen molar-refractivity contribution in [2.45, 2.75) is 44.0 Å². The Bertz CT molecular complexity index is 656. The van der Waals surface area contributed by atoms with Crippen LogP contribution in [0.15, 0.2) is 29.2 Å². The Morgan fingerprint density at radius 3 is 2.74 bits per heavy atom. The zero-order chi connectivity index (χ0) is 17.0. The van der Waals surface area contributed by atoms with E-state index in [0.29, 0.717) is 19.5 Å². The van der Waals surface area contributed by atoms with Gasteiger partial charge in [-0.2, -0.15) is 0 Å². The van der Waals surface area contributed by atoms with Crippen LogP contribution < -0.4 is 5.73 Å². The van der Waals surface area contributed by atoms with Crippen molar-refractivity contribution in [2.24, 2.45) is 11.7 Å². The standard InChI is InChI=1S/C17H26N2O3S/c1-3-11-23(21,22)16-9-5-4-8-15(16)17(20)19-10-6-7-14(12-19)13(2)18/h4-5,8-9,13-14H,3,6-7,10-12,18H2,1-2H3. The second-order valence-electron chi connectivity index (χ2n) is 6.33. The maximum absolute atomic E-state index is 12.9. The first-order valence-electron chi connectivity index (χ1n) is 8.23. The Hall–Kier alpha value is -1.40. The Morgan fingerprint density at radius 2 is 2.09 bits per heavy atom. The Labute approximate surface area is 138 Å². The number of sulfone groups is 1. The smallest absolute Gasteiger partial charge is 0.255 e. The van der Waals surface area contributed by atoms with E-state index in [1.807, 2.05) is 13.8 Å². The van der Waals surface area contributed by atoms with E-state index in [2.05, 4.69) is 0 Å². The van der Waals surface area contributed by atoms with E-state index in [0.717, 1.165) is 12.8 Å². The van der Waals surface area contributed by atoms with Crippen molar-refractivity contribution in [1.29, 1.82) is 0 Å². The predicted molar refractivity (Wildman–Crippen MR) is 91.1 cm³/mol. The summed E-state index contributed by atoms with van der Waals surface area (Å²) in [7, 11) is -3.43. The first-order chi connectivity index (χ1) is 10.9. The lowest BCUT2D eigenvalue weighted by molar-refractivity contribution is 0.0657. The molecule has 1 aromatic carbocycles. The van der Waals surface area contributed by atoms with Crippen LogP contribution in [0.3, 0.4) is 0 Å². The molecule has 1 amide bonds. The number of carbonyl (C=O) groups excluding carboxylic acids is 1. The molecule has 1 aliphatic heterocycles. The largest absolute Gasteiger partial charge is 0.338 e. The molecule has 0 radical (unpaired) electrons. The highest BCUT2D eigenvalue weighted by molar-refractivity contribution is 7.91. The minimum absolute atomic E-state index is 0.0321. The lowest BCUT2D eigenvalue weighted by Crippen LogP contribution is -2.45. The molecule has 0 bridgehead atoms. The molecule has 2 atom stereocenters. The number of hydrogen-bond donors (Lipinski definition) is 1. The topological polar surface area (TPSA) is 80.5 Å². The third kappa shape index (κ3) is 4.12. The molecule has 2 N–H and O–H groups in total. The second-order valence-corrected chi connectivity index (χ2v) is 8.41. The van der Waals surface area contributed by atoms with E-state index in [9.17, 15) is 13.2 Å². The minimum Gasteiger partial charge on any atom is -0.338 e. The highest BCUT2D eigenvalue weighted by Crippen LogP contribution is 2.24. The van der Waals surface area contributed by atoms with Crippen molar-refractivity contribution in [3.8, 4) is 0 Å². The first kappa shape index (κ1) is 17.9. The van der Waals surface area contributed by atoms with Crippen LogP contribution in [0.2, 0.25) is 0 Å². The minimum atomic E-state index is -3.43. The predicted octanol–water partition coefficient (Wildman–Crippen LogP) is 2.07. The molecular formula is C17H26N2O3S. The molecule has 0 spiro atoms. The zero-order valence-corrected chi connectivity index (χ0v) is 14.7. The SMILES string of the molecule is CCCS(=O)(=O)c1ccccc1C(=O)N1CCCC(C(C)N)C1. The molecule has 0 saturated carbocycles. The molecule has 1 aromatic rings. The second kappa shape index (κ2) is 7.45. The third-order valence-electron chi connectivity index (χ3n) is 4.41. The number of piperidine rings is 1. The van der Waals surface area contributed by atoms with Crippen LogP contribution >= 0.6 is 0 Å². The average Bonchev–Trinajstić information content (AvgIpc) is 2.54. The fourth-order valence-electron chi connectivity index (χ4n) is 3.09. The molecular weight excluding hydrogens is 312 g/mol. The Morgan fingerprint density at radius 1 is 1.39 bits per heavy atom. The summed E-state index contributed by atoms with van der Waals surface area (Å²) in [4.78, 5) is 14.8. The number of rotatable bonds is 5. The molecule has 2 rings (SSSR count). The van der Waals surface area contributed by atoms with E-state index in [-0.39, 0.29) is 34.1 Å². The van der Waals surface area contributed by atoms with E-state index < -0.39 is 9.84 Å². The molecule has 1 saturated heterocycles. The Balaban J connectivity index is 2.30. The molecule has 0 aromatic heterocycles. The summed E-state index contributed by atoms with van der Waals surface area (Å²) < 4.78 is 24.8. The fraction of sp³-hybridized carbons (Fsp3) is 0.588. The van der Waals surface area contributed by atoms with Crippen molar-refractivity contribution >= 4 is 15.7 Å². The maximum Gasteiger partial charge on any atom is 0.255 e. The van der Waals surface area contributed by atoms with Gasteiger partial charge < -0.3 is 10.6 Å². The van der Waals surface area contributed by atoms with Gasteiger partial charge in [-0.1, -0.05) is 19.1 Å². The van der Waals surface area contributed by atoms with Gasteiger partial charge in [0.05, 0.1) is 16.2 Å². The van der Waals surface area contributed by atoms with Crippen molar-refractivity contribution in [3.63, 3.8) is 0 Å². The highest BCUT2D eigenvalue weighted by Gasteiger charge is 2.29. The zero-order valence-electron chi connectivity index (χ0n) is 13.9. The van der Waals surface area contributed by atoms with Gasteiger partial charge in [-0.3, -0.25) is 4.79 Å². The number of likely N-dealkylation sites (tertiary alicyclic amines) is 1. The molecule has 1 aliphatic rings. The van der Waals surface area contributed by atoms with Crippen LogP contribution in [0, 0.1) is 5.92 Å². The third-order valence-corrected chi connectivity index (χ3v) is 6.39. The summed E-state index contributed by atoms with van der Waals surface area (Å²) in [6, 6.07) is 6.56. The molecule has 6 heteroatoms. The Kier molecular flexibility index (Phi) is 5.81. The van der Waals surface area contributed by atoms with Gasteiger partial charge in [0, 0.05) is 19.1 Å². The van der Waals surface area contributed by atoms with E-state index in [4.69, 9.17) is 5.73 Å². The molecule has 0 aliphatic carbocycles. The van der Waals surface area contributed by atoms with Crippen molar-refractivity contribution in [3.05, 3.63) is 29.8 Å². The highest BCUT2D eigenvalue weighted by atomic mass is 32.2. The molecule has 1 fully saturated rings. The van der Waals surface area contributed by atoms with Crippen LogP contribution in [0.25, 0.3) is 0 Å². The van der Waals surface area contributed by atoms with Crippen molar-refractivity contribution in [2.75, 3.05) is 18.8 Å². The fourth-order valence-corrected chi connectivity index (χ4v) is 4.62. The first-order valence-corrected chi connectivity index (χ1v) is 9.88. The van der Waals surface area contributed by atoms with Crippen LogP contribution in [0.5, 0.6) is 0 Å². The number of benzene rings is 1. The summed E-state index contributed by atoms with van der Waals surface area (Å²) in [5.74, 6) is 0.123. The van der Waals surface area contributed by atoms with Crippen LogP contribution in [-0.2, 0) is 9.84 Å². The van der Waals surface area contributed by atoms with Gasteiger partial charge in [-0.05, 0) is 44.2 Å². The van der Waals surface area contributed by atoms with Gasteiger partial charge in [0.2, 0.25) is 0 Å². The maximum atomic E-state index is 12.9. The van der Waals surface area contributed by atoms with Gasteiger partial charge in [0.25, 0.3) is 5.91 Å². The summed E-state index contributed by atoms with van der Waals surface area (Å²) in [5, 5.41) is 0. The number of hydrogen-bond acceptors (Lipinski definition) is 4. The number of nitrogens with zero attached hydrogens (tertiary/aromatic N) is 1. The van der Waals surface area contributed by atoms with Crippen molar-refractivity contribution < 1.29 is 13.2 Å². The number of nitrogens with two attached hydrogens (primary N) is 1. The molecule has 128 valence electrons. The van der Waals surface area contributed by atoms with E-state index in [1.54, 1.807) is 23.1 Å². The van der Waals surface area contributed by atoms with Gasteiger partial charge in [0.1, 0.15) is 0 Å². The molecule has 23 heavy (non-hydrogen) atoms. The lowest BCUT2D eigenvalue weighted by atomic mass is 9.92. The normalized spacial score (nSPS) is 20.3.